The Balaban J connectivity index is 1.63. The summed E-state index contributed by atoms with van der Waals surface area (Å²) in [6.45, 7) is 13.2. The van der Waals surface area contributed by atoms with Crippen LogP contribution in [0.3, 0.4) is 0 Å². The molecule has 3 heterocycles. The quantitative estimate of drug-likeness (QED) is 0.261. The fourth-order valence-corrected chi connectivity index (χ4v) is 4.13. The Hall–Kier alpha value is -3.44. The van der Waals surface area contributed by atoms with Gasteiger partial charge in [-0.05, 0) is 51.1 Å². The van der Waals surface area contributed by atoms with Crippen LogP contribution in [0.25, 0.3) is 11.0 Å². The highest BCUT2D eigenvalue weighted by molar-refractivity contribution is 6.76. The van der Waals surface area contributed by atoms with Crippen LogP contribution in [0.2, 0.25) is 25.7 Å². The van der Waals surface area contributed by atoms with Crippen LogP contribution in [0.15, 0.2) is 42.9 Å². The number of hydrogen-bond donors (Lipinski definition) is 2. The average molecular weight is 529 g/mol. The maximum absolute atomic E-state index is 12.0. The van der Waals surface area contributed by atoms with Crippen LogP contribution in [0.4, 0.5) is 4.79 Å². The number of nitrogens with one attached hydrogen (secondary N) is 1. The van der Waals surface area contributed by atoms with Crippen LogP contribution in [0.1, 0.15) is 26.5 Å². The summed E-state index contributed by atoms with van der Waals surface area (Å²) in [7, 11) is -1.15. The smallest absolute Gasteiger partial charge is 0.408 e. The van der Waals surface area contributed by atoms with Crippen molar-refractivity contribution in [2.24, 2.45) is 0 Å². The van der Waals surface area contributed by atoms with Crippen molar-refractivity contribution in [3.63, 3.8) is 0 Å². The Morgan fingerprint density at radius 2 is 1.89 bits per heavy atom. The van der Waals surface area contributed by atoms with Crippen molar-refractivity contribution >= 4 is 31.2 Å². The first-order valence-corrected chi connectivity index (χ1v) is 15.9. The van der Waals surface area contributed by atoms with E-state index in [4.69, 9.17) is 14.2 Å². The Morgan fingerprint density at radius 1 is 1.14 bits per heavy atom. The van der Waals surface area contributed by atoms with E-state index >= 15 is 0 Å². The second-order valence-corrected chi connectivity index (χ2v) is 16.6. The number of pyridine rings is 2. The number of nitrogens with zero attached hydrogens (tertiary/aromatic N) is 3. The first-order chi connectivity index (χ1) is 17.3. The zero-order valence-corrected chi connectivity index (χ0v) is 23.3. The molecule has 3 aromatic heterocycles. The van der Waals surface area contributed by atoms with E-state index in [2.05, 4.69) is 34.9 Å². The molecular weight excluding hydrogens is 492 g/mol. The molecule has 0 unspecified atom stereocenters. The van der Waals surface area contributed by atoms with E-state index in [-0.39, 0.29) is 6.42 Å². The number of aliphatic carboxylic acids is 1. The molecule has 11 heteroatoms. The van der Waals surface area contributed by atoms with Gasteiger partial charge in [-0.2, -0.15) is 0 Å². The lowest BCUT2D eigenvalue weighted by Crippen LogP contribution is -2.44. The van der Waals surface area contributed by atoms with Gasteiger partial charge in [-0.1, -0.05) is 19.6 Å². The fourth-order valence-electron chi connectivity index (χ4n) is 3.38. The number of rotatable bonds is 11. The molecule has 0 saturated heterocycles. The van der Waals surface area contributed by atoms with E-state index in [1.54, 1.807) is 45.2 Å². The number of fused-ring (bicyclic) bond motifs is 1. The van der Waals surface area contributed by atoms with Crippen molar-refractivity contribution in [3.05, 3.63) is 48.5 Å². The van der Waals surface area contributed by atoms with E-state index in [0.29, 0.717) is 23.9 Å². The lowest BCUT2D eigenvalue weighted by molar-refractivity contribution is -0.139. The summed E-state index contributed by atoms with van der Waals surface area (Å²) >= 11 is 0. The fraction of sp³-hybridized carbons (Fsp3) is 0.462. The number of carbonyl (C=O) groups excluding carboxylic acids is 1. The second-order valence-electron chi connectivity index (χ2n) is 11.0. The van der Waals surface area contributed by atoms with E-state index in [1.807, 2.05) is 16.8 Å². The predicted octanol–water partition coefficient (Wildman–Crippen LogP) is 5.06. The Bertz CT molecular complexity index is 1210. The number of carboxylic acid groups (broad SMARTS) is 1. The highest BCUT2D eigenvalue weighted by Crippen LogP contribution is 2.29. The molecule has 0 spiro atoms. The lowest BCUT2D eigenvalue weighted by atomic mass is 10.1. The van der Waals surface area contributed by atoms with Gasteiger partial charge in [0.05, 0.1) is 11.6 Å². The molecule has 0 aromatic carbocycles. The van der Waals surface area contributed by atoms with Gasteiger partial charge < -0.3 is 29.2 Å². The summed E-state index contributed by atoms with van der Waals surface area (Å²) in [4.78, 5) is 32.4. The molecule has 2 N–H and O–H groups in total. The molecule has 200 valence electrons. The minimum absolute atomic E-state index is 0.00505. The van der Waals surface area contributed by atoms with Gasteiger partial charge in [-0.15, -0.1) is 0 Å². The SMILES string of the molecule is CC(C)(C)OC(=O)N[C@@H](Cc1ccc(Oc2ccnc3c2ccn3COCC[Si](C)(C)C)cn1)C(=O)O. The van der Waals surface area contributed by atoms with Crippen LogP contribution in [0, 0.1) is 0 Å². The van der Waals surface area contributed by atoms with Gasteiger partial charge in [-0.25, -0.2) is 14.6 Å². The molecule has 3 aromatic rings. The van der Waals surface area contributed by atoms with E-state index in [0.717, 1.165) is 23.7 Å². The first kappa shape index (κ1) is 28.1. The number of aromatic nitrogens is 3. The molecule has 37 heavy (non-hydrogen) atoms. The van der Waals surface area contributed by atoms with Crippen molar-refractivity contribution in [3.8, 4) is 11.5 Å². The Morgan fingerprint density at radius 3 is 2.51 bits per heavy atom. The monoisotopic (exact) mass is 528 g/mol. The highest BCUT2D eigenvalue weighted by atomic mass is 28.3. The van der Waals surface area contributed by atoms with Gasteiger partial charge in [0.2, 0.25) is 0 Å². The molecule has 0 aliphatic rings. The van der Waals surface area contributed by atoms with Crippen LogP contribution < -0.4 is 10.1 Å². The lowest BCUT2D eigenvalue weighted by Gasteiger charge is -2.21. The summed E-state index contributed by atoms with van der Waals surface area (Å²) in [6.07, 6.45) is 4.32. The van der Waals surface area contributed by atoms with Crippen molar-refractivity contribution in [2.75, 3.05) is 6.61 Å². The molecule has 0 aliphatic carbocycles. The van der Waals surface area contributed by atoms with Gasteiger partial charge in [0.15, 0.2) is 0 Å². The standard InChI is InChI=1S/C26H36N4O6Si/c1-26(2,3)36-25(33)29-21(24(31)32)15-18-7-8-19(16-28-18)35-22-9-11-27-23-20(22)10-12-30(23)17-34-13-14-37(4,5)6/h7-12,16,21H,13-15,17H2,1-6H3,(H,29,33)(H,31,32)/t21-/m0/s1. The first-order valence-electron chi connectivity index (χ1n) is 12.2. The number of hydrogen-bond acceptors (Lipinski definition) is 7. The maximum atomic E-state index is 12.0. The van der Waals surface area contributed by atoms with Gasteiger partial charge in [0.1, 0.15) is 35.5 Å². The third kappa shape index (κ3) is 8.87. The molecule has 1 amide bonds. The number of carboxylic acids is 1. The largest absolute Gasteiger partial charge is 0.480 e. The third-order valence-corrected chi connectivity index (χ3v) is 6.98. The van der Waals surface area contributed by atoms with Crippen molar-refractivity contribution in [1.82, 2.24) is 19.9 Å². The van der Waals surface area contributed by atoms with Crippen LogP contribution in [-0.4, -0.2) is 58.0 Å². The molecule has 0 bridgehead atoms. The summed E-state index contributed by atoms with van der Waals surface area (Å²) in [6, 6.07) is 7.00. The van der Waals surface area contributed by atoms with Gasteiger partial charge in [-0.3, -0.25) is 4.98 Å². The van der Waals surface area contributed by atoms with Gasteiger partial charge in [0, 0.05) is 39.2 Å². The zero-order valence-electron chi connectivity index (χ0n) is 22.3. The molecule has 0 radical (unpaired) electrons. The molecule has 0 aliphatic heterocycles. The van der Waals surface area contributed by atoms with E-state index < -0.39 is 31.8 Å². The topological polar surface area (TPSA) is 125 Å². The predicted molar refractivity (Wildman–Crippen MR) is 143 cm³/mol. The zero-order chi connectivity index (χ0) is 27.2. The maximum Gasteiger partial charge on any atom is 0.408 e. The number of alkyl carbamates (subject to hydrolysis) is 1. The number of carbonyl (C=O) groups is 2. The normalized spacial score (nSPS) is 12.8. The summed E-state index contributed by atoms with van der Waals surface area (Å²) in [5.74, 6) is -0.0705. The van der Waals surface area contributed by atoms with Crippen LogP contribution in [-0.2, 0) is 27.4 Å². The minimum atomic E-state index is -1.18. The van der Waals surface area contributed by atoms with Crippen molar-refractivity contribution in [2.45, 2.75) is 71.3 Å². The Kier molecular flexibility index (Phi) is 8.92. The third-order valence-electron chi connectivity index (χ3n) is 5.28. The van der Waals surface area contributed by atoms with E-state index in [9.17, 15) is 14.7 Å². The molecule has 10 nitrogen and oxygen atoms in total. The van der Waals surface area contributed by atoms with Crippen LogP contribution in [0.5, 0.6) is 11.5 Å². The van der Waals surface area contributed by atoms with Crippen molar-refractivity contribution < 1.29 is 28.9 Å². The second kappa shape index (κ2) is 11.7. The van der Waals surface area contributed by atoms with Crippen molar-refractivity contribution in [1.29, 1.82) is 0 Å². The summed E-state index contributed by atoms with van der Waals surface area (Å²) < 4.78 is 19.0. The van der Waals surface area contributed by atoms with Gasteiger partial charge in [0.25, 0.3) is 0 Å². The summed E-state index contributed by atoms with van der Waals surface area (Å²) in [5, 5.41) is 12.7. The number of amides is 1. The number of ether oxygens (including phenoxy) is 3. The molecule has 0 saturated carbocycles. The average Bonchev–Trinajstić information content (AvgIpc) is 3.19. The molecule has 3 rings (SSSR count). The highest BCUT2D eigenvalue weighted by Gasteiger charge is 2.24. The van der Waals surface area contributed by atoms with E-state index in [1.165, 1.54) is 6.20 Å². The van der Waals surface area contributed by atoms with Crippen LogP contribution >= 0.6 is 0 Å². The molecular formula is C26H36N4O6Si. The van der Waals surface area contributed by atoms with Gasteiger partial charge >= 0.3 is 12.1 Å². The minimum Gasteiger partial charge on any atom is -0.480 e. The Labute approximate surface area is 218 Å². The summed E-state index contributed by atoms with van der Waals surface area (Å²) in [5.41, 5.74) is 0.509. The molecule has 1 atom stereocenters. The molecule has 0 fully saturated rings.